The largest absolute Gasteiger partial charge is 0.447 e. The van der Waals surface area contributed by atoms with E-state index in [0.29, 0.717) is 12.1 Å². The lowest BCUT2D eigenvalue weighted by Crippen LogP contribution is -2.42. The number of hydrogen-bond donors (Lipinski definition) is 2. The second-order valence-corrected chi connectivity index (χ2v) is 5.56. The molecule has 1 aromatic rings. The van der Waals surface area contributed by atoms with E-state index in [1.807, 2.05) is 0 Å². The van der Waals surface area contributed by atoms with Crippen LogP contribution in [0.4, 0.5) is 4.79 Å². The van der Waals surface area contributed by atoms with Crippen molar-refractivity contribution in [1.82, 2.24) is 10.6 Å². The topological polar surface area (TPSA) is 84.5 Å². The average molecular weight is 318 g/mol. The zero-order valence-corrected chi connectivity index (χ0v) is 13.2. The van der Waals surface area contributed by atoms with Crippen molar-refractivity contribution in [3.63, 3.8) is 0 Å². The lowest BCUT2D eigenvalue weighted by atomic mass is 10.1. The molecule has 1 fully saturated rings. The van der Waals surface area contributed by atoms with Gasteiger partial charge in [0.25, 0.3) is 5.91 Å². The zero-order valence-electron chi connectivity index (χ0n) is 13.2. The number of ether oxygens (including phenoxy) is 1. The highest BCUT2D eigenvalue weighted by Crippen LogP contribution is 2.28. The summed E-state index contributed by atoms with van der Waals surface area (Å²) < 4.78 is 5.43. The fraction of sp³-hybridized carbons (Fsp3) is 0.471. The molecule has 2 rings (SSSR count). The van der Waals surface area contributed by atoms with Gasteiger partial charge in [0, 0.05) is 12.1 Å². The van der Waals surface area contributed by atoms with Gasteiger partial charge in [0.15, 0.2) is 0 Å². The van der Waals surface area contributed by atoms with Gasteiger partial charge >= 0.3 is 12.0 Å². The van der Waals surface area contributed by atoms with Gasteiger partial charge in [-0.3, -0.25) is 14.9 Å². The summed E-state index contributed by atoms with van der Waals surface area (Å²) in [7, 11) is 0. The second-order valence-electron chi connectivity index (χ2n) is 5.56. The molecule has 124 valence electrons. The van der Waals surface area contributed by atoms with Crippen molar-refractivity contribution in [3.8, 4) is 0 Å². The molecule has 0 unspecified atom stereocenters. The Hall–Kier alpha value is -2.37. The van der Waals surface area contributed by atoms with E-state index in [1.165, 1.54) is 0 Å². The minimum Gasteiger partial charge on any atom is -0.447 e. The molecule has 0 aromatic heterocycles. The third-order valence-corrected chi connectivity index (χ3v) is 3.84. The van der Waals surface area contributed by atoms with Crippen LogP contribution in [0.5, 0.6) is 0 Å². The molecule has 23 heavy (non-hydrogen) atoms. The van der Waals surface area contributed by atoms with E-state index < -0.39 is 18.0 Å². The normalized spacial score (nSPS) is 15.7. The van der Waals surface area contributed by atoms with Crippen LogP contribution in [0.1, 0.15) is 44.3 Å². The standard InChI is InChI=1S/C17H22N2O4/c1-2-18-17(22)19-15(20)14(12-8-4-3-5-9-12)23-16(21)13-10-6-7-11-13/h3-5,8-9,13-14H,2,6-7,10-11H2,1H3,(H2,18,19,20,22)/t14-/m0/s1. The number of amides is 3. The predicted molar refractivity (Wildman–Crippen MR) is 84.4 cm³/mol. The summed E-state index contributed by atoms with van der Waals surface area (Å²) in [5.41, 5.74) is 0.542. The lowest BCUT2D eigenvalue weighted by Gasteiger charge is -2.19. The summed E-state index contributed by atoms with van der Waals surface area (Å²) >= 11 is 0. The molecule has 6 nitrogen and oxygen atoms in total. The number of urea groups is 1. The van der Waals surface area contributed by atoms with Crippen molar-refractivity contribution in [2.45, 2.75) is 38.7 Å². The van der Waals surface area contributed by atoms with E-state index >= 15 is 0 Å². The van der Waals surface area contributed by atoms with Gasteiger partial charge in [-0.25, -0.2) is 4.79 Å². The van der Waals surface area contributed by atoms with Crippen molar-refractivity contribution < 1.29 is 19.1 Å². The molecule has 1 aliphatic carbocycles. The molecular weight excluding hydrogens is 296 g/mol. The fourth-order valence-electron chi connectivity index (χ4n) is 2.66. The SMILES string of the molecule is CCNC(=O)NC(=O)[C@@H](OC(=O)C1CCCC1)c1ccccc1. The van der Waals surface area contributed by atoms with E-state index in [2.05, 4.69) is 10.6 Å². The summed E-state index contributed by atoms with van der Waals surface area (Å²) in [6.07, 6.45) is 2.46. The maximum atomic E-state index is 12.3. The minimum atomic E-state index is -1.12. The number of imide groups is 1. The third-order valence-electron chi connectivity index (χ3n) is 3.84. The van der Waals surface area contributed by atoms with Gasteiger partial charge in [-0.1, -0.05) is 43.2 Å². The van der Waals surface area contributed by atoms with Crippen molar-refractivity contribution in [3.05, 3.63) is 35.9 Å². The maximum Gasteiger partial charge on any atom is 0.321 e. The Morgan fingerprint density at radius 2 is 1.83 bits per heavy atom. The van der Waals surface area contributed by atoms with Gasteiger partial charge in [-0.15, -0.1) is 0 Å². The van der Waals surface area contributed by atoms with Gasteiger partial charge in [0.1, 0.15) is 0 Å². The van der Waals surface area contributed by atoms with Crippen LogP contribution in [0.25, 0.3) is 0 Å². The number of esters is 1. The fourth-order valence-corrected chi connectivity index (χ4v) is 2.66. The third kappa shape index (κ3) is 4.81. The smallest absolute Gasteiger partial charge is 0.321 e. The first-order valence-corrected chi connectivity index (χ1v) is 7.96. The zero-order chi connectivity index (χ0) is 16.7. The molecule has 1 aliphatic rings. The quantitative estimate of drug-likeness (QED) is 0.816. The van der Waals surface area contributed by atoms with Crippen LogP contribution in [0.2, 0.25) is 0 Å². The number of hydrogen-bond acceptors (Lipinski definition) is 4. The number of carbonyl (C=O) groups is 3. The molecule has 0 bridgehead atoms. The van der Waals surface area contributed by atoms with Crippen molar-refractivity contribution in [1.29, 1.82) is 0 Å². The van der Waals surface area contributed by atoms with Gasteiger partial charge < -0.3 is 10.1 Å². The van der Waals surface area contributed by atoms with Crippen LogP contribution in [-0.2, 0) is 14.3 Å². The predicted octanol–water partition coefficient (Wildman–Crippen LogP) is 2.31. The molecule has 1 saturated carbocycles. The molecule has 0 spiro atoms. The Labute approximate surface area is 135 Å². The lowest BCUT2D eigenvalue weighted by molar-refractivity contribution is -0.160. The first-order valence-electron chi connectivity index (χ1n) is 7.96. The first-order chi connectivity index (χ1) is 11.1. The van der Waals surface area contributed by atoms with Crippen molar-refractivity contribution >= 4 is 17.9 Å². The Morgan fingerprint density at radius 3 is 2.43 bits per heavy atom. The van der Waals surface area contributed by atoms with Crippen LogP contribution in [0.3, 0.4) is 0 Å². The highest BCUT2D eigenvalue weighted by atomic mass is 16.5. The van der Waals surface area contributed by atoms with E-state index in [-0.39, 0.29) is 11.9 Å². The number of nitrogens with one attached hydrogen (secondary N) is 2. The Bertz CT molecular complexity index is 553. The first kappa shape index (κ1) is 17.0. The Kier molecular flexibility index (Phi) is 6.14. The van der Waals surface area contributed by atoms with Crippen LogP contribution in [-0.4, -0.2) is 24.5 Å². The molecule has 0 aliphatic heterocycles. The molecule has 0 radical (unpaired) electrons. The number of carbonyl (C=O) groups excluding carboxylic acids is 3. The highest BCUT2D eigenvalue weighted by Gasteiger charge is 2.31. The Morgan fingerprint density at radius 1 is 1.17 bits per heavy atom. The van der Waals surface area contributed by atoms with Gasteiger partial charge in [0.05, 0.1) is 5.92 Å². The molecule has 1 aromatic carbocycles. The van der Waals surface area contributed by atoms with Crippen LogP contribution in [0.15, 0.2) is 30.3 Å². The van der Waals surface area contributed by atoms with Crippen molar-refractivity contribution in [2.75, 3.05) is 6.54 Å². The number of benzene rings is 1. The average Bonchev–Trinajstić information content (AvgIpc) is 3.07. The van der Waals surface area contributed by atoms with Crippen molar-refractivity contribution in [2.24, 2.45) is 5.92 Å². The van der Waals surface area contributed by atoms with Gasteiger partial charge in [0.2, 0.25) is 6.10 Å². The monoisotopic (exact) mass is 318 g/mol. The summed E-state index contributed by atoms with van der Waals surface area (Å²) in [6, 6.07) is 8.11. The van der Waals surface area contributed by atoms with Gasteiger partial charge in [-0.05, 0) is 19.8 Å². The Balaban J connectivity index is 2.10. The molecular formula is C17H22N2O4. The maximum absolute atomic E-state index is 12.3. The van der Waals surface area contributed by atoms with Crippen LogP contribution < -0.4 is 10.6 Å². The van der Waals surface area contributed by atoms with E-state index in [1.54, 1.807) is 37.3 Å². The van der Waals surface area contributed by atoms with Crippen LogP contribution >= 0.6 is 0 Å². The molecule has 1 atom stereocenters. The summed E-state index contributed by atoms with van der Waals surface area (Å²) in [6.45, 7) is 2.15. The molecule has 0 heterocycles. The van der Waals surface area contributed by atoms with E-state index in [4.69, 9.17) is 4.74 Å². The van der Waals surface area contributed by atoms with Crippen LogP contribution in [0, 0.1) is 5.92 Å². The van der Waals surface area contributed by atoms with E-state index in [9.17, 15) is 14.4 Å². The molecule has 3 amide bonds. The van der Waals surface area contributed by atoms with Gasteiger partial charge in [-0.2, -0.15) is 0 Å². The van der Waals surface area contributed by atoms with E-state index in [0.717, 1.165) is 25.7 Å². The minimum absolute atomic E-state index is 0.154. The summed E-state index contributed by atoms with van der Waals surface area (Å²) in [4.78, 5) is 36.1. The highest BCUT2D eigenvalue weighted by molar-refractivity contribution is 5.97. The second kappa shape index (κ2) is 8.31. The summed E-state index contributed by atoms with van der Waals surface area (Å²) in [5, 5.41) is 4.69. The molecule has 2 N–H and O–H groups in total. The molecule has 6 heteroatoms. The number of rotatable bonds is 5. The summed E-state index contributed by atoms with van der Waals surface area (Å²) in [5.74, 6) is -1.17. The molecule has 0 saturated heterocycles.